The number of hydrogen-bond donors (Lipinski definition) is 0. The fourth-order valence-electron chi connectivity index (χ4n) is 0.844. The Balaban J connectivity index is 0.00000196. The molecule has 0 atom stereocenters. The average molecular weight is 305 g/mol. The van der Waals surface area contributed by atoms with Gasteiger partial charge in [-0.2, -0.15) is 13.2 Å². The standard InChI is InChI=1S/C7H3ClF3NO2.Se/c8-6-2-1-4(12(13)14)3-5(6)7(9,10)11;/h1-3H;. The van der Waals surface area contributed by atoms with Crippen molar-refractivity contribution < 1.29 is 18.1 Å². The summed E-state index contributed by atoms with van der Waals surface area (Å²) in [4.78, 5) is 9.28. The summed E-state index contributed by atoms with van der Waals surface area (Å²) in [6.45, 7) is 0. The van der Waals surface area contributed by atoms with Gasteiger partial charge in [0.05, 0.1) is 15.5 Å². The van der Waals surface area contributed by atoms with Gasteiger partial charge in [0.25, 0.3) is 5.69 Å². The van der Waals surface area contributed by atoms with Gasteiger partial charge < -0.3 is 0 Å². The van der Waals surface area contributed by atoms with Crippen molar-refractivity contribution in [2.24, 2.45) is 0 Å². The number of non-ortho nitro benzene ring substituents is 1. The minimum absolute atomic E-state index is 0. The molecule has 82 valence electrons. The second-order valence-corrected chi connectivity index (χ2v) is 2.83. The first-order chi connectivity index (χ1) is 6.32. The van der Waals surface area contributed by atoms with Crippen molar-refractivity contribution in [3.63, 3.8) is 0 Å². The van der Waals surface area contributed by atoms with Gasteiger partial charge >= 0.3 is 6.18 Å². The van der Waals surface area contributed by atoms with Crippen molar-refractivity contribution in [2.75, 3.05) is 0 Å². The van der Waals surface area contributed by atoms with E-state index >= 15 is 0 Å². The van der Waals surface area contributed by atoms with Gasteiger partial charge in [0, 0.05) is 29.2 Å². The first-order valence-electron chi connectivity index (χ1n) is 3.33. The van der Waals surface area contributed by atoms with Crippen LogP contribution in [-0.4, -0.2) is 22.0 Å². The van der Waals surface area contributed by atoms with E-state index in [4.69, 9.17) is 11.6 Å². The molecule has 0 spiro atoms. The van der Waals surface area contributed by atoms with Crippen LogP contribution < -0.4 is 0 Å². The molecule has 0 saturated carbocycles. The molecule has 0 heterocycles. The molecule has 8 heteroatoms. The van der Waals surface area contributed by atoms with Crippen molar-refractivity contribution in [1.29, 1.82) is 0 Å². The molecule has 0 aliphatic rings. The van der Waals surface area contributed by atoms with E-state index in [0.29, 0.717) is 6.07 Å². The van der Waals surface area contributed by atoms with Crippen LogP contribution in [0.2, 0.25) is 5.02 Å². The minimum atomic E-state index is -4.68. The predicted octanol–water partition coefficient (Wildman–Crippen LogP) is 2.89. The molecule has 0 amide bonds. The fraction of sp³-hybridized carbons (Fsp3) is 0.143. The third kappa shape index (κ3) is 3.37. The van der Waals surface area contributed by atoms with E-state index in [-0.39, 0.29) is 17.1 Å². The molecule has 15 heavy (non-hydrogen) atoms. The largest absolute Gasteiger partial charge is 0.418 e. The number of nitro benzene ring substituents is 1. The number of benzene rings is 1. The van der Waals surface area contributed by atoms with Crippen molar-refractivity contribution in [3.8, 4) is 0 Å². The van der Waals surface area contributed by atoms with Crippen LogP contribution >= 0.6 is 11.6 Å². The smallest absolute Gasteiger partial charge is 0.258 e. The second kappa shape index (κ2) is 4.83. The van der Waals surface area contributed by atoms with Crippen LogP contribution in [0, 0.1) is 10.1 Å². The van der Waals surface area contributed by atoms with E-state index in [0.717, 1.165) is 12.1 Å². The van der Waals surface area contributed by atoms with Crippen LogP contribution in [0.25, 0.3) is 0 Å². The quantitative estimate of drug-likeness (QED) is 0.455. The van der Waals surface area contributed by atoms with Crippen LogP contribution in [0.3, 0.4) is 0 Å². The Hall–Kier alpha value is -0.781. The number of rotatable bonds is 1. The number of nitro groups is 1. The topological polar surface area (TPSA) is 43.1 Å². The number of hydrogen-bond acceptors (Lipinski definition) is 2. The van der Waals surface area contributed by atoms with Gasteiger partial charge in [0.2, 0.25) is 0 Å². The van der Waals surface area contributed by atoms with Crippen molar-refractivity contribution >= 4 is 34.4 Å². The molecule has 2 radical (unpaired) electrons. The fourth-order valence-corrected chi connectivity index (χ4v) is 1.07. The zero-order valence-electron chi connectivity index (χ0n) is 6.92. The number of nitrogens with zero attached hydrogens (tertiary/aromatic N) is 1. The van der Waals surface area contributed by atoms with E-state index in [2.05, 4.69) is 0 Å². The summed E-state index contributed by atoms with van der Waals surface area (Å²) in [5.74, 6) is 0. The normalized spacial score (nSPS) is 10.7. The molecular formula is C7H3ClF3NO2Se. The number of alkyl halides is 3. The van der Waals surface area contributed by atoms with Gasteiger partial charge in [-0.15, -0.1) is 0 Å². The summed E-state index contributed by atoms with van der Waals surface area (Å²) in [5, 5.41) is 9.63. The maximum Gasteiger partial charge on any atom is 0.418 e. The molecule has 1 aromatic rings. The molecule has 0 fully saturated rings. The van der Waals surface area contributed by atoms with Crippen LogP contribution in [0.15, 0.2) is 18.2 Å². The van der Waals surface area contributed by atoms with Gasteiger partial charge in [-0.3, -0.25) is 10.1 Å². The summed E-state index contributed by atoms with van der Waals surface area (Å²) in [5.41, 5.74) is -1.84. The SMILES string of the molecule is O=[N+]([O-])c1ccc(Cl)c(C(F)(F)F)c1.[Se]. The third-order valence-electron chi connectivity index (χ3n) is 1.47. The first-order valence-corrected chi connectivity index (χ1v) is 3.71. The molecule has 0 unspecified atom stereocenters. The summed E-state index contributed by atoms with van der Waals surface area (Å²) in [7, 11) is 0. The van der Waals surface area contributed by atoms with E-state index < -0.39 is 27.4 Å². The summed E-state index contributed by atoms with van der Waals surface area (Å²) >= 11 is 5.24. The molecule has 0 bridgehead atoms. The van der Waals surface area contributed by atoms with E-state index in [1.807, 2.05) is 0 Å². The van der Waals surface area contributed by atoms with E-state index in [1.165, 1.54) is 0 Å². The predicted molar refractivity (Wildman–Crippen MR) is 48.9 cm³/mol. The maximum absolute atomic E-state index is 12.2. The van der Waals surface area contributed by atoms with Gasteiger partial charge in [0.1, 0.15) is 0 Å². The zero-order chi connectivity index (χ0) is 10.9. The number of halogens is 4. The Kier molecular flexibility index (Phi) is 4.58. The summed E-state index contributed by atoms with van der Waals surface area (Å²) in [6.07, 6.45) is -4.68. The molecule has 1 aromatic carbocycles. The Morgan fingerprint density at radius 3 is 2.27 bits per heavy atom. The van der Waals surface area contributed by atoms with Crippen molar-refractivity contribution in [1.82, 2.24) is 0 Å². The van der Waals surface area contributed by atoms with Gasteiger partial charge in [-0.1, -0.05) is 11.6 Å². The Morgan fingerprint density at radius 1 is 1.33 bits per heavy atom. The van der Waals surface area contributed by atoms with Crippen LogP contribution in [0.5, 0.6) is 0 Å². The van der Waals surface area contributed by atoms with Crippen LogP contribution in [-0.2, 0) is 6.18 Å². The van der Waals surface area contributed by atoms with Crippen LogP contribution in [0.1, 0.15) is 5.56 Å². The first kappa shape index (κ1) is 14.2. The van der Waals surface area contributed by atoms with Gasteiger partial charge in [0.15, 0.2) is 0 Å². The molecule has 1 rings (SSSR count). The van der Waals surface area contributed by atoms with Crippen molar-refractivity contribution in [2.45, 2.75) is 6.18 Å². The van der Waals surface area contributed by atoms with Crippen molar-refractivity contribution in [3.05, 3.63) is 38.9 Å². The molecule has 0 saturated heterocycles. The molecule has 0 aliphatic carbocycles. The van der Waals surface area contributed by atoms with Crippen LogP contribution in [0.4, 0.5) is 18.9 Å². The Labute approximate surface area is 97.8 Å². The zero-order valence-corrected chi connectivity index (χ0v) is 9.38. The molecule has 3 nitrogen and oxygen atoms in total. The molecule has 0 aliphatic heterocycles. The van der Waals surface area contributed by atoms with Gasteiger partial charge in [-0.05, 0) is 6.07 Å². The monoisotopic (exact) mass is 305 g/mol. The molecule has 0 N–H and O–H groups in total. The average Bonchev–Trinajstić information content (AvgIpc) is 2.02. The van der Waals surface area contributed by atoms with E-state index in [9.17, 15) is 23.3 Å². The summed E-state index contributed by atoms with van der Waals surface area (Å²) in [6, 6.07) is 2.17. The minimum Gasteiger partial charge on any atom is -0.258 e. The molecule has 0 aromatic heterocycles. The van der Waals surface area contributed by atoms with E-state index in [1.54, 1.807) is 0 Å². The van der Waals surface area contributed by atoms with Gasteiger partial charge in [-0.25, -0.2) is 0 Å². The Bertz CT molecular complexity index is 383. The third-order valence-corrected chi connectivity index (χ3v) is 1.80. The Morgan fingerprint density at radius 2 is 1.87 bits per heavy atom. The maximum atomic E-state index is 12.2. The second-order valence-electron chi connectivity index (χ2n) is 2.42. The summed E-state index contributed by atoms with van der Waals surface area (Å²) < 4.78 is 36.6. The molecular weight excluding hydrogens is 301 g/mol.